The molecule has 0 radical (unpaired) electrons. The van der Waals surface area contributed by atoms with E-state index in [1.54, 1.807) is 0 Å². The molecule has 0 amide bonds. The molecule has 0 saturated carbocycles. The summed E-state index contributed by atoms with van der Waals surface area (Å²) in [6.45, 7) is 2.80. The minimum Gasteiger partial charge on any atom is -0.480 e. The van der Waals surface area contributed by atoms with Crippen LogP contribution < -0.4 is 5.32 Å². The van der Waals surface area contributed by atoms with Gasteiger partial charge in [-0.15, -0.1) is 12.4 Å². The third kappa shape index (κ3) is 1.85. The molecule has 3 nitrogen and oxygen atoms in total. The lowest BCUT2D eigenvalue weighted by atomic mass is 10.0. The van der Waals surface area contributed by atoms with E-state index >= 15 is 0 Å². The maximum atomic E-state index is 10.3. The monoisotopic (exact) mass is 165 g/mol. The topological polar surface area (TPSA) is 49.3 Å². The molecule has 0 aromatic heterocycles. The Morgan fingerprint density at radius 3 is 2.50 bits per heavy atom. The largest absolute Gasteiger partial charge is 0.480 e. The summed E-state index contributed by atoms with van der Waals surface area (Å²) in [5.41, 5.74) is 0. The van der Waals surface area contributed by atoms with Gasteiger partial charge in [0, 0.05) is 0 Å². The number of carboxylic acid groups (broad SMARTS) is 1. The number of carboxylic acids is 1. The second kappa shape index (κ2) is 3.78. The number of nitrogens with one attached hydrogen (secondary N) is 1. The molecule has 1 rings (SSSR count). The van der Waals surface area contributed by atoms with Crippen molar-refractivity contribution in [2.24, 2.45) is 5.92 Å². The van der Waals surface area contributed by atoms with Crippen molar-refractivity contribution in [2.75, 3.05) is 6.54 Å². The van der Waals surface area contributed by atoms with Gasteiger partial charge in [-0.3, -0.25) is 4.79 Å². The fourth-order valence-corrected chi connectivity index (χ4v) is 1.17. The molecule has 2 atom stereocenters. The summed E-state index contributed by atoms with van der Waals surface area (Å²) in [5, 5.41) is 11.4. The minimum absolute atomic E-state index is 0. The van der Waals surface area contributed by atoms with Gasteiger partial charge in [-0.05, 0) is 18.9 Å². The lowest BCUT2D eigenvalue weighted by Crippen LogP contribution is -2.34. The quantitative estimate of drug-likeness (QED) is 0.595. The predicted octanol–water partition coefficient (Wildman–Crippen LogP) is 0.491. The molecule has 10 heavy (non-hydrogen) atoms. The van der Waals surface area contributed by atoms with Gasteiger partial charge in [0.1, 0.15) is 6.04 Å². The summed E-state index contributed by atoms with van der Waals surface area (Å²) in [4.78, 5) is 10.3. The molecule has 0 aromatic carbocycles. The van der Waals surface area contributed by atoms with Crippen LogP contribution in [0.3, 0.4) is 0 Å². The van der Waals surface area contributed by atoms with E-state index in [0.29, 0.717) is 5.92 Å². The molecule has 0 aromatic rings. The molecule has 60 valence electrons. The molecule has 0 spiro atoms. The van der Waals surface area contributed by atoms with Crippen LogP contribution in [0.2, 0.25) is 0 Å². The van der Waals surface area contributed by atoms with Crippen LogP contribution in [-0.2, 0) is 4.79 Å². The Morgan fingerprint density at radius 1 is 1.70 bits per heavy atom. The van der Waals surface area contributed by atoms with Crippen molar-refractivity contribution in [2.45, 2.75) is 19.4 Å². The van der Waals surface area contributed by atoms with E-state index in [1.165, 1.54) is 0 Å². The number of halogens is 1. The molecule has 1 fully saturated rings. The van der Waals surface area contributed by atoms with E-state index in [1.807, 2.05) is 6.92 Å². The molecule has 2 unspecified atom stereocenters. The fourth-order valence-electron chi connectivity index (χ4n) is 1.17. The van der Waals surface area contributed by atoms with Crippen molar-refractivity contribution in [1.29, 1.82) is 0 Å². The van der Waals surface area contributed by atoms with Gasteiger partial charge in [0.15, 0.2) is 0 Å². The summed E-state index contributed by atoms with van der Waals surface area (Å²) in [6.07, 6.45) is 0.983. The van der Waals surface area contributed by atoms with Crippen LogP contribution in [0.15, 0.2) is 0 Å². The maximum absolute atomic E-state index is 10.3. The first-order valence-electron chi connectivity index (χ1n) is 3.18. The van der Waals surface area contributed by atoms with Crippen molar-refractivity contribution >= 4 is 18.4 Å². The summed E-state index contributed by atoms with van der Waals surface area (Å²) in [5.74, 6) is -0.428. The van der Waals surface area contributed by atoms with E-state index < -0.39 is 5.97 Å². The van der Waals surface area contributed by atoms with Gasteiger partial charge in [0.25, 0.3) is 0 Å². The summed E-state index contributed by atoms with van der Waals surface area (Å²) >= 11 is 0. The molecule has 1 aliphatic rings. The zero-order valence-electron chi connectivity index (χ0n) is 5.83. The van der Waals surface area contributed by atoms with Gasteiger partial charge in [0.05, 0.1) is 0 Å². The van der Waals surface area contributed by atoms with E-state index in [4.69, 9.17) is 5.11 Å². The average Bonchev–Trinajstić information content (AvgIpc) is 2.13. The SMILES string of the molecule is CC1CCNC1C(=O)O.Cl. The van der Waals surface area contributed by atoms with Gasteiger partial charge in [-0.25, -0.2) is 0 Å². The standard InChI is InChI=1S/C6H11NO2.ClH/c1-4-2-3-7-5(4)6(8)9;/h4-5,7H,2-3H2,1H3,(H,8,9);1H. The molecule has 4 heteroatoms. The molecular formula is C6H12ClNO2. The molecule has 1 aliphatic heterocycles. The van der Waals surface area contributed by atoms with Crippen molar-refractivity contribution < 1.29 is 9.90 Å². The molecule has 1 saturated heterocycles. The highest BCUT2D eigenvalue weighted by Crippen LogP contribution is 2.13. The Morgan fingerprint density at radius 2 is 2.30 bits per heavy atom. The summed E-state index contributed by atoms with van der Waals surface area (Å²) in [6, 6.07) is -0.301. The van der Waals surface area contributed by atoms with Gasteiger partial charge in [0.2, 0.25) is 0 Å². The molecule has 2 N–H and O–H groups in total. The van der Waals surface area contributed by atoms with Gasteiger partial charge in [-0.2, -0.15) is 0 Å². The fraction of sp³-hybridized carbons (Fsp3) is 0.833. The van der Waals surface area contributed by atoms with Crippen molar-refractivity contribution in [3.63, 3.8) is 0 Å². The average molecular weight is 166 g/mol. The Kier molecular flexibility index (Phi) is 3.68. The van der Waals surface area contributed by atoms with Crippen molar-refractivity contribution in [3.05, 3.63) is 0 Å². The Balaban J connectivity index is 0.000000810. The van der Waals surface area contributed by atoms with Gasteiger partial charge >= 0.3 is 5.97 Å². The van der Waals surface area contributed by atoms with E-state index in [-0.39, 0.29) is 18.4 Å². The zero-order chi connectivity index (χ0) is 6.85. The second-order valence-electron chi connectivity index (χ2n) is 2.54. The van der Waals surface area contributed by atoms with Crippen molar-refractivity contribution in [3.8, 4) is 0 Å². The number of hydrogen-bond donors (Lipinski definition) is 2. The molecule has 0 aliphatic carbocycles. The Bertz CT molecular complexity index is 129. The first-order chi connectivity index (χ1) is 4.22. The smallest absolute Gasteiger partial charge is 0.320 e. The molecule has 0 bridgehead atoms. The zero-order valence-corrected chi connectivity index (χ0v) is 6.65. The second-order valence-corrected chi connectivity index (χ2v) is 2.54. The van der Waals surface area contributed by atoms with Crippen LogP contribution >= 0.6 is 12.4 Å². The highest BCUT2D eigenvalue weighted by Gasteiger charge is 2.28. The maximum Gasteiger partial charge on any atom is 0.320 e. The predicted molar refractivity (Wildman–Crippen MR) is 40.5 cm³/mol. The summed E-state index contributed by atoms with van der Waals surface area (Å²) in [7, 11) is 0. The normalized spacial score (nSPS) is 31.3. The first-order valence-corrected chi connectivity index (χ1v) is 3.18. The Hall–Kier alpha value is -0.280. The number of rotatable bonds is 1. The minimum atomic E-state index is -0.722. The van der Waals surface area contributed by atoms with Crippen LogP contribution in [-0.4, -0.2) is 23.7 Å². The lowest BCUT2D eigenvalue weighted by Gasteiger charge is -2.07. The first kappa shape index (κ1) is 9.72. The van der Waals surface area contributed by atoms with E-state index in [9.17, 15) is 4.79 Å². The lowest BCUT2D eigenvalue weighted by molar-refractivity contribution is -0.139. The third-order valence-electron chi connectivity index (χ3n) is 1.80. The highest BCUT2D eigenvalue weighted by molar-refractivity contribution is 5.85. The van der Waals surface area contributed by atoms with Crippen LogP contribution in [0.1, 0.15) is 13.3 Å². The molecular weight excluding hydrogens is 154 g/mol. The van der Waals surface area contributed by atoms with Crippen molar-refractivity contribution in [1.82, 2.24) is 5.32 Å². The number of carbonyl (C=O) groups is 1. The van der Waals surface area contributed by atoms with Crippen LogP contribution in [0.25, 0.3) is 0 Å². The van der Waals surface area contributed by atoms with Crippen LogP contribution in [0.4, 0.5) is 0 Å². The van der Waals surface area contributed by atoms with E-state index in [2.05, 4.69) is 5.32 Å². The number of aliphatic carboxylic acids is 1. The van der Waals surface area contributed by atoms with Crippen LogP contribution in [0.5, 0.6) is 0 Å². The molecule has 1 heterocycles. The van der Waals surface area contributed by atoms with Gasteiger partial charge < -0.3 is 10.4 Å². The number of hydrogen-bond acceptors (Lipinski definition) is 2. The highest BCUT2D eigenvalue weighted by atomic mass is 35.5. The van der Waals surface area contributed by atoms with Gasteiger partial charge in [-0.1, -0.05) is 6.92 Å². The van der Waals surface area contributed by atoms with Crippen LogP contribution in [0, 0.1) is 5.92 Å². The summed E-state index contributed by atoms with van der Waals surface area (Å²) < 4.78 is 0. The third-order valence-corrected chi connectivity index (χ3v) is 1.80. The Labute approximate surface area is 66.2 Å². The van der Waals surface area contributed by atoms with E-state index in [0.717, 1.165) is 13.0 Å².